The van der Waals surface area contributed by atoms with Crippen LogP contribution in [-0.4, -0.2) is 25.0 Å². The summed E-state index contributed by atoms with van der Waals surface area (Å²) in [7, 11) is 3.21. The number of carbonyl (C=O) groups excluding carboxylic acids is 1. The fraction of sp³-hybridized carbons (Fsp3) is 0.0769. The summed E-state index contributed by atoms with van der Waals surface area (Å²) in [6.45, 7) is 0. The molecule has 0 spiro atoms. The quantitative estimate of drug-likeness (QED) is 0.234. The Morgan fingerprint density at radius 3 is 2.26 bits per heavy atom. The minimum atomic E-state index is -0.0704. The summed E-state index contributed by atoms with van der Waals surface area (Å²) in [5.41, 5.74) is 4.01. The fourth-order valence-corrected chi connectivity index (χ4v) is 3.61. The lowest BCUT2D eigenvalue weighted by atomic mass is 10.0. The Morgan fingerprint density at radius 1 is 0.903 bits per heavy atom. The molecule has 1 aromatic heterocycles. The Kier molecular flexibility index (Phi) is 6.14. The molecule has 0 saturated carbocycles. The highest BCUT2D eigenvalue weighted by atomic mass is 79.9. The standard InChI is InChI=1S/C26H20BrNO3/c1-30-24-15-20-14-19(10-13-23(29)17-8-11-21(27)12-9-17)26(18-6-4-3-5-7-18)28-22(20)16-25(24)31-2/h3-16H,1-2H3/b13-10+. The van der Waals surface area contributed by atoms with Crippen molar-refractivity contribution in [3.8, 4) is 22.8 Å². The zero-order valence-corrected chi connectivity index (χ0v) is 18.7. The van der Waals surface area contributed by atoms with Crippen LogP contribution in [0.2, 0.25) is 0 Å². The van der Waals surface area contributed by atoms with E-state index in [4.69, 9.17) is 14.5 Å². The zero-order valence-electron chi connectivity index (χ0n) is 17.1. The molecule has 5 heteroatoms. The Balaban J connectivity index is 1.83. The maximum absolute atomic E-state index is 12.7. The van der Waals surface area contributed by atoms with Gasteiger partial charge in [-0.1, -0.05) is 46.3 Å². The highest BCUT2D eigenvalue weighted by Gasteiger charge is 2.12. The molecule has 0 aliphatic rings. The van der Waals surface area contributed by atoms with Crippen molar-refractivity contribution < 1.29 is 14.3 Å². The Morgan fingerprint density at radius 2 is 1.58 bits per heavy atom. The summed E-state index contributed by atoms with van der Waals surface area (Å²) in [5, 5.41) is 0.896. The molecule has 0 aliphatic carbocycles. The zero-order chi connectivity index (χ0) is 21.8. The van der Waals surface area contributed by atoms with Crippen molar-refractivity contribution in [2.75, 3.05) is 14.2 Å². The molecule has 0 atom stereocenters. The van der Waals surface area contributed by atoms with Gasteiger partial charge >= 0.3 is 0 Å². The molecule has 0 unspecified atom stereocenters. The van der Waals surface area contributed by atoms with E-state index in [1.165, 1.54) is 0 Å². The number of nitrogens with zero attached hydrogens (tertiary/aromatic N) is 1. The molecule has 0 amide bonds. The number of aromatic nitrogens is 1. The summed E-state index contributed by atoms with van der Waals surface area (Å²) in [4.78, 5) is 17.6. The van der Waals surface area contributed by atoms with Gasteiger partial charge in [0.15, 0.2) is 17.3 Å². The number of ether oxygens (including phenoxy) is 2. The van der Waals surface area contributed by atoms with Crippen molar-refractivity contribution in [2.45, 2.75) is 0 Å². The molecule has 4 nitrogen and oxygen atoms in total. The molecule has 4 aromatic rings. The summed E-state index contributed by atoms with van der Waals surface area (Å²) < 4.78 is 11.8. The Hall–Kier alpha value is -3.44. The van der Waals surface area contributed by atoms with Crippen LogP contribution in [0.1, 0.15) is 15.9 Å². The normalized spacial score (nSPS) is 11.1. The van der Waals surface area contributed by atoms with Gasteiger partial charge in [-0.2, -0.15) is 0 Å². The van der Waals surface area contributed by atoms with Crippen LogP contribution >= 0.6 is 15.9 Å². The van der Waals surface area contributed by atoms with E-state index in [0.29, 0.717) is 17.1 Å². The second-order valence-electron chi connectivity index (χ2n) is 6.90. The van der Waals surface area contributed by atoms with Gasteiger partial charge in [-0.15, -0.1) is 0 Å². The topological polar surface area (TPSA) is 48.4 Å². The molecule has 154 valence electrons. The van der Waals surface area contributed by atoms with Crippen molar-refractivity contribution >= 4 is 38.7 Å². The van der Waals surface area contributed by atoms with Crippen LogP contribution in [0, 0.1) is 0 Å². The SMILES string of the molecule is COc1cc2cc(/C=C/C(=O)c3ccc(Br)cc3)c(-c3ccccc3)nc2cc1OC. The Labute approximate surface area is 189 Å². The third-order valence-electron chi connectivity index (χ3n) is 4.94. The molecule has 0 bridgehead atoms. The summed E-state index contributed by atoms with van der Waals surface area (Å²) >= 11 is 3.39. The van der Waals surface area contributed by atoms with Crippen LogP contribution < -0.4 is 9.47 Å². The number of methoxy groups -OCH3 is 2. The van der Waals surface area contributed by atoms with Gasteiger partial charge in [-0.05, 0) is 48.6 Å². The average Bonchev–Trinajstić information content (AvgIpc) is 2.82. The van der Waals surface area contributed by atoms with Crippen LogP contribution in [0.5, 0.6) is 11.5 Å². The fourth-order valence-electron chi connectivity index (χ4n) is 3.35. The minimum Gasteiger partial charge on any atom is -0.493 e. The van der Waals surface area contributed by atoms with Crippen molar-refractivity contribution in [2.24, 2.45) is 0 Å². The van der Waals surface area contributed by atoms with E-state index in [1.54, 1.807) is 32.4 Å². The molecule has 0 radical (unpaired) electrons. The van der Waals surface area contributed by atoms with Gasteiger partial charge < -0.3 is 9.47 Å². The van der Waals surface area contributed by atoms with E-state index in [0.717, 1.165) is 32.2 Å². The van der Waals surface area contributed by atoms with Crippen LogP contribution in [0.15, 0.2) is 83.3 Å². The second-order valence-corrected chi connectivity index (χ2v) is 7.81. The Bertz CT molecular complexity index is 1270. The highest BCUT2D eigenvalue weighted by molar-refractivity contribution is 9.10. The summed E-state index contributed by atoms with van der Waals surface area (Å²) in [6.07, 6.45) is 3.40. The number of rotatable bonds is 6. The summed E-state index contributed by atoms with van der Waals surface area (Å²) in [6, 6.07) is 23.0. The van der Waals surface area contributed by atoms with Crippen molar-refractivity contribution in [1.82, 2.24) is 4.98 Å². The number of benzene rings is 3. The maximum atomic E-state index is 12.7. The molecule has 0 saturated heterocycles. The molecular formula is C26H20BrNO3. The largest absolute Gasteiger partial charge is 0.493 e. The van der Waals surface area contributed by atoms with Crippen LogP contribution in [0.3, 0.4) is 0 Å². The second kappa shape index (κ2) is 9.14. The first kappa shape index (κ1) is 20.8. The van der Waals surface area contributed by atoms with Gasteiger partial charge in [0.25, 0.3) is 0 Å². The first-order chi connectivity index (χ1) is 15.1. The van der Waals surface area contributed by atoms with Gasteiger partial charge in [0.1, 0.15) is 0 Å². The number of halogens is 1. The molecular weight excluding hydrogens is 454 g/mol. The molecule has 4 rings (SSSR count). The van der Waals surface area contributed by atoms with Crippen molar-refractivity contribution in [3.63, 3.8) is 0 Å². The minimum absolute atomic E-state index is 0.0704. The predicted octanol–water partition coefficient (Wildman–Crippen LogP) is 6.58. The third-order valence-corrected chi connectivity index (χ3v) is 5.47. The van der Waals surface area contributed by atoms with Gasteiger partial charge in [0, 0.05) is 32.6 Å². The molecule has 3 aromatic carbocycles. The molecule has 0 N–H and O–H groups in total. The first-order valence-electron chi connectivity index (χ1n) is 9.69. The van der Waals surface area contributed by atoms with E-state index < -0.39 is 0 Å². The van der Waals surface area contributed by atoms with E-state index >= 15 is 0 Å². The lowest BCUT2D eigenvalue weighted by molar-refractivity contribution is 0.104. The van der Waals surface area contributed by atoms with E-state index in [1.807, 2.05) is 66.7 Å². The number of fused-ring (bicyclic) bond motifs is 1. The van der Waals surface area contributed by atoms with Crippen LogP contribution in [0.4, 0.5) is 0 Å². The number of ketones is 1. The van der Waals surface area contributed by atoms with Crippen molar-refractivity contribution in [1.29, 1.82) is 0 Å². The van der Waals surface area contributed by atoms with Gasteiger partial charge in [0.05, 0.1) is 25.4 Å². The van der Waals surface area contributed by atoms with E-state index in [9.17, 15) is 4.79 Å². The maximum Gasteiger partial charge on any atom is 0.185 e. The van der Waals surface area contributed by atoms with Gasteiger partial charge in [0.2, 0.25) is 0 Å². The van der Waals surface area contributed by atoms with E-state index in [2.05, 4.69) is 15.9 Å². The van der Waals surface area contributed by atoms with Crippen LogP contribution in [-0.2, 0) is 0 Å². The first-order valence-corrected chi connectivity index (χ1v) is 10.5. The number of pyridine rings is 1. The monoisotopic (exact) mass is 473 g/mol. The van der Waals surface area contributed by atoms with Gasteiger partial charge in [-0.25, -0.2) is 4.98 Å². The predicted molar refractivity (Wildman–Crippen MR) is 128 cm³/mol. The highest BCUT2D eigenvalue weighted by Crippen LogP contribution is 2.34. The van der Waals surface area contributed by atoms with Crippen LogP contribution in [0.25, 0.3) is 28.2 Å². The number of carbonyl (C=O) groups is 1. The van der Waals surface area contributed by atoms with Gasteiger partial charge in [-0.3, -0.25) is 4.79 Å². The summed E-state index contributed by atoms with van der Waals surface area (Å²) in [5.74, 6) is 1.18. The molecule has 1 heterocycles. The third kappa shape index (κ3) is 4.52. The van der Waals surface area contributed by atoms with Crippen molar-refractivity contribution in [3.05, 3.63) is 94.5 Å². The lowest BCUT2D eigenvalue weighted by Crippen LogP contribution is -1.96. The number of hydrogen-bond donors (Lipinski definition) is 0. The smallest absolute Gasteiger partial charge is 0.185 e. The van der Waals surface area contributed by atoms with E-state index in [-0.39, 0.29) is 5.78 Å². The number of hydrogen-bond acceptors (Lipinski definition) is 4. The molecule has 0 fully saturated rings. The lowest BCUT2D eigenvalue weighted by Gasteiger charge is -2.12. The molecule has 31 heavy (non-hydrogen) atoms. The average molecular weight is 474 g/mol. The number of allylic oxidation sites excluding steroid dienone is 1. The molecule has 0 aliphatic heterocycles.